The average molecular weight is 486 g/mol. The Morgan fingerprint density at radius 3 is 2.51 bits per heavy atom. The van der Waals surface area contributed by atoms with Gasteiger partial charge in [-0.25, -0.2) is 4.39 Å². The molecule has 8 nitrogen and oxygen atoms in total. The van der Waals surface area contributed by atoms with Crippen molar-refractivity contribution in [3.05, 3.63) is 47.5 Å². The van der Waals surface area contributed by atoms with Gasteiger partial charge < -0.3 is 16.0 Å². The van der Waals surface area contributed by atoms with Crippen molar-refractivity contribution in [1.29, 1.82) is 0 Å². The van der Waals surface area contributed by atoms with Crippen molar-refractivity contribution < 1.29 is 18.8 Å². The summed E-state index contributed by atoms with van der Waals surface area (Å²) in [5, 5.41) is 12.5. The van der Waals surface area contributed by atoms with Crippen LogP contribution in [0, 0.1) is 11.7 Å². The number of hydrogen-bond acceptors (Lipinski definition) is 4. The molecule has 2 aromatic rings. The maximum Gasteiger partial charge on any atom is 0.270 e. The molecule has 9 heteroatoms. The van der Waals surface area contributed by atoms with Crippen LogP contribution in [0.2, 0.25) is 0 Å². The first-order valence-electron chi connectivity index (χ1n) is 12.6. The molecule has 1 aromatic heterocycles. The largest absolute Gasteiger partial charge is 0.356 e. The summed E-state index contributed by atoms with van der Waals surface area (Å²) in [6.45, 7) is 4.95. The zero-order valence-corrected chi connectivity index (χ0v) is 20.6. The lowest BCUT2D eigenvalue weighted by atomic mass is 9.91. The van der Waals surface area contributed by atoms with Crippen LogP contribution < -0.4 is 16.0 Å². The maximum atomic E-state index is 14.8. The van der Waals surface area contributed by atoms with E-state index in [0.717, 1.165) is 44.9 Å². The topological polar surface area (TPSA) is 105 Å². The first-order valence-corrected chi connectivity index (χ1v) is 12.6. The summed E-state index contributed by atoms with van der Waals surface area (Å²) < 4.78 is 16.4. The summed E-state index contributed by atoms with van der Waals surface area (Å²) >= 11 is 0. The van der Waals surface area contributed by atoms with Gasteiger partial charge in [0.05, 0.1) is 12.1 Å². The molecule has 1 saturated carbocycles. The number of hydrogen-bond donors (Lipinski definition) is 3. The third-order valence-electron chi connectivity index (χ3n) is 6.42. The van der Waals surface area contributed by atoms with Crippen LogP contribution in [0.3, 0.4) is 0 Å². The molecular formula is C26H36FN5O3. The van der Waals surface area contributed by atoms with Gasteiger partial charge >= 0.3 is 0 Å². The van der Waals surface area contributed by atoms with Gasteiger partial charge in [0.2, 0.25) is 11.8 Å². The van der Waals surface area contributed by atoms with Gasteiger partial charge in [0.15, 0.2) is 0 Å². The van der Waals surface area contributed by atoms with E-state index >= 15 is 0 Å². The number of benzene rings is 1. The molecular weight excluding hydrogens is 449 g/mol. The number of aromatic nitrogens is 2. The van der Waals surface area contributed by atoms with Crippen LogP contribution >= 0.6 is 0 Å². The number of aryl methyl sites for hydroxylation is 1. The highest BCUT2D eigenvalue weighted by Crippen LogP contribution is 2.27. The van der Waals surface area contributed by atoms with E-state index in [9.17, 15) is 18.8 Å². The van der Waals surface area contributed by atoms with Crippen molar-refractivity contribution >= 4 is 23.4 Å². The van der Waals surface area contributed by atoms with Crippen molar-refractivity contribution in [2.45, 2.75) is 77.8 Å². The molecule has 3 amide bonds. The Hall–Kier alpha value is -3.23. The molecule has 1 aliphatic carbocycles. The maximum absolute atomic E-state index is 14.8. The van der Waals surface area contributed by atoms with Gasteiger partial charge in [-0.15, -0.1) is 0 Å². The number of amides is 3. The second-order valence-corrected chi connectivity index (χ2v) is 9.07. The first-order chi connectivity index (χ1) is 16.9. The van der Waals surface area contributed by atoms with E-state index in [4.69, 9.17) is 0 Å². The fourth-order valence-electron chi connectivity index (χ4n) is 4.53. The van der Waals surface area contributed by atoms with E-state index in [1.165, 1.54) is 12.1 Å². The summed E-state index contributed by atoms with van der Waals surface area (Å²) in [4.78, 5) is 38.3. The number of anilines is 1. The van der Waals surface area contributed by atoms with Gasteiger partial charge in [-0.3, -0.25) is 19.1 Å². The molecule has 1 aromatic carbocycles. The fraction of sp³-hybridized carbons (Fsp3) is 0.538. The van der Waals surface area contributed by atoms with Gasteiger partial charge in [-0.05, 0) is 55.9 Å². The Kier molecular flexibility index (Phi) is 9.81. The van der Waals surface area contributed by atoms with Crippen LogP contribution in [-0.4, -0.2) is 40.1 Å². The summed E-state index contributed by atoms with van der Waals surface area (Å²) in [6, 6.07) is 5.19. The van der Waals surface area contributed by atoms with Crippen molar-refractivity contribution in [2.24, 2.45) is 5.92 Å². The van der Waals surface area contributed by atoms with Crippen molar-refractivity contribution in [1.82, 2.24) is 20.4 Å². The third-order valence-corrected chi connectivity index (χ3v) is 6.42. The van der Waals surface area contributed by atoms with Gasteiger partial charge in [0, 0.05) is 19.3 Å². The zero-order chi connectivity index (χ0) is 25.2. The Morgan fingerprint density at radius 1 is 1.11 bits per heavy atom. The quantitative estimate of drug-likeness (QED) is 0.445. The summed E-state index contributed by atoms with van der Waals surface area (Å²) in [5.41, 5.74) is 0.936. The second kappa shape index (κ2) is 13.0. The molecule has 0 bridgehead atoms. The molecule has 0 aliphatic heterocycles. The number of nitrogens with one attached hydrogen (secondary N) is 3. The Balaban J connectivity index is 1.74. The summed E-state index contributed by atoms with van der Waals surface area (Å²) in [7, 11) is 0. The highest BCUT2D eigenvalue weighted by atomic mass is 19.1. The molecule has 0 spiro atoms. The first kappa shape index (κ1) is 26.4. The Labute approximate surface area is 206 Å². The minimum Gasteiger partial charge on any atom is -0.356 e. The zero-order valence-electron chi connectivity index (χ0n) is 20.6. The molecule has 1 fully saturated rings. The molecule has 0 saturated heterocycles. The van der Waals surface area contributed by atoms with Gasteiger partial charge in [0.25, 0.3) is 5.91 Å². The number of halogens is 1. The minimum atomic E-state index is -0.792. The smallest absolute Gasteiger partial charge is 0.270 e. The van der Waals surface area contributed by atoms with Crippen LogP contribution in [0.5, 0.6) is 0 Å². The molecule has 35 heavy (non-hydrogen) atoms. The van der Waals surface area contributed by atoms with Crippen molar-refractivity contribution in [2.75, 3.05) is 11.9 Å². The summed E-state index contributed by atoms with van der Waals surface area (Å²) in [6.07, 6.45) is 8.26. The van der Waals surface area contributed by atoms with Crippen LogP contribution in [0.4, 0.5) is 10.1 Å². The second-order valence-electron chi connectivity index (χ2n) is 9.07. The van der Waals surface area contributed by atoms with E-state index in [0.29, 0.717) is 24.3 Å². The predicted molar refractivity (Wildman–Crippen MR) is 132 cm³/mol. The number of carbonyl (C=O) groups is 3. The lowest BCUT2D eigenvalue weighted by molar-refractivity contribution is -0.120. The van der Waals surface area contributed by atoms with E-state index < -0.39 is 17.8 Å². The monoisotopic (exact) mass is 485 g/mol. The van der Waals surface area contributed by atoms with Crippen LogP contribution in [0.1, 0.15) is 74.8 Å². The summed E-state index contributed by atoms with van der Waals surface area (Å²) in [5.74, 6) is -1.65. The SMILES string of the molecule is CCCNC(=O)Cc1ccc(NC(=O)[C@@H](NC(=O)c2ccnn2CC)C2CCCCCC2)c(F)c1. The molecule has 3 N–H and O–H groups in total. The van der Waals surface area contributed by atoms with E-state index in [-0.39, 0.29) is 29.8 Å². The fourth-order valence-corrected chi connectivity index (χ4v) is 4.53. The number of nitrogens with zero attached hydrogens (tertiary/aromatic N) is 2. The Morgan fingerprint density at radius 2 is 1.86 bits per heavy atom. The predicted octanol–water partition coefficient (Wildman–Crippen LogP) is 3.82. The van der Waals surface area contributed by atoms with Crippen molar-refractivity contribution in [3.63, 3.8) is 0 Å². The number of rotatable bonds is 10. The van der Waals surface area contributed by atoms with Crippen molar-refractivity contribution in [3.8, 4) is 0 Å². The molecule has 0 radical (unpaired) electrons. The highest BCUT2D eigenvalue weighted by molar-refractivity contribution is 6.00. The molecule has 1 heterocycles. The number of carbonyl (C=O) groups excluding carboxylic acids is 3. The van der Waals surface area contributed by atoms with E-state index in [2.05, 4.69) is 21.0 Å². The lowest BCUT2D eigenvalue weighted by Crippen LogP contribution is -2.49. The van der Waals surface area contributed by atoms with Gasteiger partial charge in [-0.1, -0.05) is 38.7 Å². The van der Waals surface area contributed by atoms with Crippen LogP contribution in [-0.2, 0) is 22.6 Å². The average Bonchev–Trinajstić information content (AvgIpc) is 3.17. The van der Waals surface area contributed by atoms with E-state index in [1.54, 1.807) is 23.0 Å². The minimum absolute atomic E-state index is 0.0270. The molecule has 0 unspecified atom stereocenters. The van der Waals surface area contributed by atoms with E-state index in [1.807, 2.05) is 13.8 Å². The van der Waals surface area contributed by atoms with Crippen LogP contribution in [0.15, 0.2) is 30.5 Å². The Bertz CT molecular complexity index is 1010. The highest BCUT2D eigenvalue weighted by Gasteiger charge is 2.31. The molecule has 3 rings (SSSR count). The van der Waals surface area contributed by atoms with Gasteiger partial charge in [0.1, 0.15) is 17.6 Å². The van der Waals surface area contributed by atoms with Gasteiger partial charge in [-0.2, -0.15) is 5.10 Å². The molecule has 1 aliphatic rings. The molecule has 1 atom stereocenters. The lowest BCUT2D eigenvalue weighted by Gasteiger charge is -2.26. The standard InChI is InChI=1S/C26H36FN5O3/c1-3-14-28-23(33)17-18-11-12-21(20(27)16-18)30-26(35)24(19-9-7-5-6-8-10-19)31-25(34)22-13-15-29-32(22)4-2/h11-13,15-16,19,24H,3-10,14,17H2,1-2H3,(H,28,33)(H,30,35)(H,31,34)/t24-/m0/s1. The van der Waals surface area contributed by atoms with Crippen LogP contribution in [0.25, 0.3) is 0 Å². The molecule has 190 valence electrons. The third kappa shape index (κ3) is 7.37. The normalized spacial score (nSPS) is 15.2.